The SMILES string of the molecule is CC[C@@H](C)NC(=O)NC(=O)COC(=O)CCOc1ccccc1. The average Bonchev–Trinajstić information content (AvgIpc) is 2.53. The van der Waals surface area contributed by atoms with Crippen LogP contribution in [0.2, 0.25) is 0 Å². The van der Waals surface area contributed by atoms with Crippen molar-refractivity contribution in [2.75, 3.05) is 13.2 Å². The minimum atomic E-state index is -0.678. The number of imide groups is 1. The van der Waals surface area contributed by atoms with Crippen LogP contribution in [0.25, 0.3) is 0 Å². The fourth-order valence-corrected chi connectivity index (χ4v) is 1.51. The van der Waals surface area contributed by atoms with Gasteiger partial charge in [0.2, 0.25) is 0 Å². The van der Waals surface area contributed by atoms with Gasteiger partial charge in [-0.05, 0) is 25.5 Å². The summed E-state index contributed by atoms with van der Waals surface area (Å²) in [6.45, 7) is 3.37. The highest BCUT2D eigenvalue weighted by atomic mass is 16.5. The van der Waals surface area contributed by atoms with Crippen molar-refractivity contribution < 1.29 is 23.9 Å². The molecule has 0 saturated heterocycles. The zero-order valence-electron chi connectivity index (χ0n) is 13.3. The first kappa shape index (κ1) is 18.5. The number of amides is 3. The largest absolute Gasteiger partial charge is 0.493 e. The fraction of sp³-hybridized carbons (Fsp3) is 0.438. The van der Waals surface area contributed by atoms with Crippen LogP contribution in [-0.2, 0) is 14.3 Å². The molecule has 0 unspecified atom stereocenters. The van der Waals surface area contributed by atoms with Crippen LogP contribution in [0.3, 0.4) is 0 Å². The van der Waals surface area contributed by atoms with E-state index in [9.17, 15) is 14.4 Å². The Morgan fingerprint density at radius 2 is 1.87 bits per heavy atom. The number of benzene rings is 1. The number of esters is 1. The van der Waals surface area contributed by atoms with Crippen molar-refractivity contribution in [2.45, 2.75) is 32.7 Å². The summed E-state index contributed by atoms with van der Waals surface area (Å²) in [4.78, 5) is 34.3. The molecule has 1 aromatic rings. The second kappa shape index (κ2) is 10.2. The lowest BCUT2D eigenvalue weighted by molar-refractivity contribution is -0.148. The van der Waals surface area contributed by atoms with Crippen molar-refractivity contribution in [3.63, 3.8) is 0 Å². The minimum absolute atomic E-state index is 0.0151. The van der Waals surface area contributed by atoms with Crippen LogP contribution in [0.1, 0.15) is 26.7 Å². The van der Waals surface area contributed by atoms with Crippen LogP contribution < -0.4 is 15.4 Å². The number of hydrogen-bond acceptors (Lipinski definition) is 5. The predicted octanol–water partition coefficient (Wildman–Crippen LogP) is 1.62. The Bertz CT molecular complexity index is 518. The van der Waals surface area contributed by atoms with Crippen LogP contribution in [0, 0.1) is 0 Å². The van der Waals surface area contributed by atoms with E-state index in [0.29, 0.717) is 5.75 Å². The third-order valence-electron chi connectivity index (χ3n) is 2.93. The van der Waals surface area contributed by atoms with E-state index in [-0.39, 0.29) is 19.1 Å². The highest BCUT2D eigenvalue weighted by Gasteiger charge is 2.12. The Balaban J connectivity index is 2.15. The van der Waals surface area contributed by atoms with E-state index < -0.39 is 24.5 Å². The standard InChI is InChI=1S/C16H22N2O5/c1-3-12(2)17-16(21)18-14(19)11-23-15(20)9-10-22-13-7-5-4-6-8-13/h4-8,12H,3,9-11H2,1-2H3,(H2,17,18,19,21)/t12-/m1/s1. The van der Waals surface area contributed by atoms with Gasteiger partial charge in [0.15, 0.2) is 6.61 Å². The van der Waals surface area contributed by atoms with Crippen LogP contribution in [-0.4, -0.2) is 37.2 Å². The summed E-state index contributed by atoms with van der Waals surface area (Å²) in [5, 5.41) is 4.65. The molecule has 0 radical (unpaired) electrons. The number of nitrogens with one attached hydrogen (secondary N) is 2. The molecule has 0 aliphatic heterocycles. The third kappa shape index (κ3) is 8.45. The summed E-state index contributed by atoms with van der Waals surface area (Å²) in [5.74, 6) is -0.596. The van der Waals surface area contributed by atoms with Gasteiger partial charge < -0.3 is 14.8 Å². The number of carbonyl (C=O) groups is 3. The summed E-state index contributed by atoms with van der Waals surface area (Å²) in [7, 11) is 0. The van der Waals surface area contributed by atoms with Crippen LogP contribution in [0.15, 0.2) is 30.3 Å². The molecule has 1 atom stereocenters. The molecule has 1 aromatic carbocycles. The maximum Gasteiger partial charge on any atom is 0.321 e. The molecule has 0 bridgehead atoms. The van der Waals surface area contributed by atoms with E-state index in [4.69, 9.17) is 9.47 Å². The van der Waals surface area contributed by atoms with Crippen molar-refractivity contribution in [1.82, 2.24) is 10.6 Å². The van der Waals surface area contributed by atoms with Crippen molar-refractivity contribution in [1.29, 1.82) is 0 Å². The molecule has 23 heavy (non-hydrogen) atoms. The quantitative estimate of drug-likeness (QED) is 0.709. The first-order valence-electron chi connectivity index (χ1n) is 7.45. The van der Waals surface area contributed by atoms with Gasteiger partial charge >= 0.3 is 12.0 Å². The first-order valence-corrected chi connectivity index (χ1v) is 7.45. The van der Waals surface area contributed by atoms with Gasteiger partial charge in [-0.1, -0.05) is 25.1 Å². The summed E-state index contributed by atoms with van der Waals surface area (Å²) in [6.07, 6.45) is 0.763. The number of carbonyl (C=O) groups excluding carboxylic acids is 3. The predicted molar refractivity (Wildman–Crippen MR) is 83.9 cm³/mol. The molecule has 7 nitrogen and oxygen atoms in total. The lowest BCUT2D eigenvalue weighted by Gasteiger charge is -2.11. The monoisotopic (exact) mass is 322 g/mol. The second-order valence-electron chi connectivity index (χ2n) is 4.90. The van der Waals surface area contributed by atoms with Gasteiger partial charge in [-0.15, -0.1) is 0 Å². The molecule has 0 fully saturated rings. The van der Waals surface area contributed by atoms with E-state index in [2.05, 4.69) is 10.6 Å². The molecule has 2 N–H and O–H groups in total. The topological polar surface area (TPSA) is 93.7 Å². The molecule has 0 aliphatic carbocycles. The third-order valence-corrected chi connectivity index (χ3v) is 2.93. The normalized spacial score (nSPS) is 11.2. The molecule has 126 valence electrons. The molecular weight excluding hydrogens is 300 g/mol. The number of ether oxygens (including phenoxy) is 2. The van der Waals surface area contributed by atoms with Crippen LogP contribution in [0.5, 0.6) is 5.75 Å². The van der Waals surface area contributed by atoms with Gasteiger partial charge in [0, 0.05) is 6.04 Å². The second-order valence-corrected chi connectivity index (χ2v) is 4.90. The minimum Gasteiger partial charge on any atom is -0.493 e. The Labute approximate surface area is 135 Å². The molecule has 0 heterocycles. The van der Waals surface area contributed by atoms with Crippen molar-refractivity contribution >= 4 is 17.9 Å². The molecule has 1 rings (SSSR count). The molecule has 0 spiro atoms. The molecular formula is C16H22N2O5. The van der Waals surface area contributed by atoms with Crippen molar-refractivity contribution in [3.05, 3.63) is 30.3 Å². The molecule has 0 saturated carbocycles. The summed E-state index contributed by atoms with van der Waals surface area (Å²) in [5.41, 5.74) is 0. The van der Waals surface area contributed by atoms with Gasteiger partial charge in [-0.3, -0.25) is 14.9 Å². The summed E-state index contributed by atoms with van der Waals surface area (Å²) < 4.78 is 10.1. The maximum absolute atomic E-state index is 11.5. The number of urea groups is 1. The van der Waals surface area contributed by atoms with Crippen LogP contribution >= 0.6 is 0 Å². The lowest BCUT2D eigenvalue weighted by atomic mass is 10.3. The molecule has 0 aliphatic rings. The van der Waals surface area contributed by atoms with Gasteiger partial charge in [0.05, 0.1) is 13.0 Å². The van der Waals surface area contributed by atoms with Gasteiger partial charge in [-0.2, -0.15) is 0 Å². The zero-order valence-corrected chi connectivity index (χ0v) is 13.3. The van der Waals surface area contributed by atoms with Crippen LogP contribution in [0.4, 0.5) is 4.79 Å². The molecule has 3 amide bonds. The number of hydrogen-bond donors (Lipinski definition) is 2. The Morgan fingerprint density at radius 3 is 2.52 bits per heavy atom. The van der Waals surface area contributed by atoms with E-state index in [0.717, 1.165) is 6.42 Å². The van der Waals surface area contributed by atoms with E-state index in [1.165, 1.54) is 0 Å². The Hall–Kier alpha value is -2.57. The van der Waals surface area contributed by atoms with Gasteiger partial charge in [0.1, 0.15) is 5.75 Å². The van der Waals surface area contributed by atoms with E-state index >= 15 is 0 Å². The zero-order chi connectivity index (χ0) is 17.1. The molecule has 0 aromatic heterocycles. The van der Waals surface area contributed by atoms with Gasteiger partial charge in [-0.25, -0.2) is 4.79 Å². The molecule has 7 heteroatoms. The summed E-state index contributed by atoms with van der Waals surface area (Å²) >= 11 is 0. The number of rotatable bonds is 8. The first-order chi connectivity index (χ1) is 11.0. The Kier molecular flexibility index (Phi) is 8.20. The summed E-state index contributed by atoms with van der Waals surface area (Å²) in [6, 6.07) is 8.40. The average molecular weight is 322 g/mol. The van der Waals surface area contributed by atoms with Crippen molar-refractivity contribution in [3.8, 4) is 5.75 Å². The highest BCUT2D eigenvalue weighted by molar-refractivity contribution is 5.95. The number of para-hydroxylation sites is 1. The van der Waals surface area contributed by atoms with E-state index in [1.54, 1.807) is 12.1 Å². The lowest BCUT2D eigenvalue weighted by Crippen LogP contribution is -2.44. The maximum atomic E-state index is 11.5. The van der Waals surface area contributed by atoms with Crippen molar-refractivity contribution in [2.24, 2.45) is 0 Å². The van der Waals surface area contributed by atoms with Gasteiger partial charge in [0.25, 0.3) is 5.91 Å². The smallest absolute Gasteiger partial charge is 0.321 e. The van der Waals surface area contributed by atoms with E-state index in [1.807, 2.05) is 32.0 Å². The Morgan fingerprint density at radius 1 is 1.17 bits per heavy atom. The fourth-order valence-electron chi connectivity index (χ4n) is 1.51. The highest BCUT2D eigenvalue weighted by Crippen LogP contribution is 2.08.